The van der Waals surface area contributed by atoms with Crippen molar-refractivity contribution in [1.82, 2.24) is 0 Å². The van der Waals surface area contributed by atoms with E-state index in [0.717, 1.165) is 12.2 Å². The van der Waals surface area contributed by atoms with Crippen LogP contribution in [0.4, 0.5) is 10.1 Å². The Hall–Kier alpha value is -2.36. The van der Waals surface area contributed by atoms with E-state index >= 15 is 0 Å². The highest BCUT2D eigenvalue weighted by Crippen LogP contribution is 2.19. The van der Waals surface area contributed by atoms with Crippen molar-refractivity contribution < 1.29 is 13.9 Å². The van der Waals surface area contributed by atoms with Crippen molar-refractivity contribution >= 4 is 11.6 Å². The van der Waals surface area contributed by atoms with Gasteiger partial charge in [-0.3, -0.25) is 4.79 Å². The molecule has 3 nitrogen and oxygen atoms in total. The van der Waals surface area contributed by atoms with E-state index in [1.807, 2.05) is 12.1 Å². The topological polar surface area (TPSA) is 38.3 Å². The fraction of sp³-hybridized carbons (Fsp3) is 0.350. The van der Waals surface area contributed by atoms with E-state index in [2.05, 4.69) is 12.2 Å². The summed E-state index contributed by atoms with van der Waals surface area (Å²) in [5.41, 5.74) is 1.08. The van der Waals surface area contributed by atoms with Crippen LogP contribution in [0.15, 0.2) is 48.5 Å². The van der Waals surface area contributed by atoms with Crippen LogP contribution >= 0.6 is 0 Å². The van der Waals surface area contributed by atoms with Crippen molar-refractivity contribution in [3.05, 3.63) is 59.9 Å². The number of carbonyl (C=O) groups excluding carboxylic acids is 1. The van der Waals surface area contributed by atoms with Crippen LogP contribution in [0, 0.1) is 5.82 Å². The summed E-state index contributed by atoms with van der Waals surface area (Å²) >= 11 is 0. The molecule has 0 heterocycles. The minimum absolute atomic E-state index is 0.272. The number of rotatable bonds is 9. The summed E-state index contributed by atoms with van der Waals surface area (Å²) < 4.78 is 18.6. The van der Waals surface area contributed by atoms with Gasteiger partial charge >= 0.3 is 0 Å². The molecule has 1 amide bonds. The van der Waals surface area contributed by atoms with Crippen LogP contribution in [-0.2, 0) is 0 Å². The number of ether oxygens (including phenoxy) is 1. The number of hydrogen-bond acceptors (Lipinski definition) is 2. The van der Waals surface area contributed by atoms with E-state index in [0.29, 0.717) is 17.9 Å². The molecular weight excluding hydrogens is 305 g/mol. The molecule has 0 atom stereocenters. The summed E-state index contributed by atoms with van der Waals surface area (Å²) in [6.07, 6.45) is 5.95. The van der Waals surface area contributed by atoms with Crippen LogP contribution in [0.3, 0.4) is 0 Å². The predicted molar refractivity (Wildman–Crippen MR) is 95.0 cm³/mol. The molecule has 24 heavy (non-hydrogen) atoms. The number of carbonyl (C=O) groups is 1. The minimum atomic E-state index is -0.360. The van der Waals surface area contributed by atoms with Crippen molar-refractivity contribution in [3.63, 3.8) is 0 Å². The molecule has 0 fully saturated rings. The Morgan fingerprint density at radius 2 is 1.79 bits per heavy atom. The number of unbranched alkanes of at least 4 members (excludes halogenated alkanes) is 4. The highest BCUT2D eigenvalue weighted by molar-refractivity contribution is 6.04. The smallest absolute Gasteiger partial charge is 0.255 e. The number of anilines is 1. The van der Waals surface area contributed by atoms with E-state index in [9.17, 15) is 9.18 Å². The Labute approximate surface area is 142 Å². The molecule has 2 aromatic carbocycles. The molecule has 0 saturated carbocycles. The second-order valence-corrected chi connectivity index (χ2v) is 5.75. The lowest BCUT2D eigenvalue weighted by Gasteiger charge is -2.09. The SMILES string of the molecule is CCCCCCCOc1cccc(NC(=O)c2ccc(F)cc2)c1. The summed E-state index contributed by atoms with van der Waals surface area (Å²) in [4.78, 5) is 12.1. The molecule has 2 aromatic rings. The van der Waals surface area contributed by atoms with Gasteiger partial charge < -0.3 is 10.1 Å². The van der Waals surface area contributed by atoms with Crippen molar-refractivity contribution in [2.24, 2.45) is 0 Å². The highest BCUT2D eigenvalue weighted by Gasteiger charge is 2.06. The first-order chi connectivity index (χ1) is 11.7. The van der Waals surface area contributed by atoms with Gasteiger partial charge in [0.15, 0.2) is 0 Å². The average molecular weight is 329 g/mol. The van der Waals surface area contributed by atoms with Gasteiger partial charge in [0.05, 0.1) is 6.61 Å². The molecule has 0 bridgehead atoms. The Morgan fingerprint density at radius 3 is 2.54 bits per heavy atom. The van der Waals surface area contributed by atoms with E-state index < -0.39 is 0 Å². The van der Waals surface area contributed by atoms with Crippen molar-refractivity contribution in [2.45, 2.75) is 39.0 Å². The lowest BCUT2D eigenvalue weighted by atomic mass is 10.2. The molecule has 0 saturated heterocycles. The largest absolute Gasteiger partial charge is 0.494 e. The molecule has 4 heteroatoms. The maximum Gasteiger partial charge on any atom is 0.255 e. The van der Waals surface area contributed by atoms with Gasteiger partial charge in [-0.15, -0.1) is 0 Å². The number of amides is 1. The Balaban J connectivity index is 1.83. The predicted octanol–water partition coefficient (Wildman–Crippen LogP) is 5.43. The molecule has 1 N–H and O–H groups in total. The second-order valence-electron chi connectivity index (χ2n) is 5.75. The number of hydrogen-bond donors (Lipinski definition) is 1. The zero-order valence-electron chi connectivity index (χ0n) is 14.1. The summed E-state index contributed by atoms with van der Waals surface area (Å²) in [7, 11) is 0. The monoisotopic (exact) mass is 329 g/mol. The fourth-order valence-electron chi connectivity index (χ4n) is 2.36. The van der Waals surface area contributed by atoms with Crippen LogP contribution in [0.2, 0.25) is 0 Å². The molecule has 0 aromatic heterocycles. The van der Waals surface area contributed by atoms with Crippen LogP contribution in [0.1, 0.15) is 49.4 Å². The van der Waals surface area contributed by atoms with E-state index in [-0.39, 0.29) is 11.7 Å². The maximum absolute atomic E-state index is 12.9. The van der Waals surface area contributed by atoms with E-state index in [1.54, 1.807) is 12.1 Å². The summed E-state index contributed by atoms with van der Waals surface area (Å²) in [5.74, 6) is 0.106. The van der Waals surface area contributed by atoms with Gasteiger partial charge in [0.2, 0.25) is 0 Å². The fourth-order valence-corrected chi connectivity index (χ4v) is 2.36. The van der Waals surface area contributed by atoms with Crippen molar-refractivity contribution in [3.8, 4) is 5.75 Å². The molecular formula is C20H24FNO2. The number of nitrogens with one attached hydrogen (secondary N) is 1. The minimum Gasteiger partial charge on any atom is -0.494 e. The quantitative estimate of drug-likeness (QED) is 0.623. The van der Waals surface area contributed by atoms with Crippen LogP contribution in [0.25, 0.3) is 0 Å². The first kappa shape index (κ1) is 18.0. The van der Waals surface area contributed by atoms with Crippen LogP contribution < -0.4 is 10.1 Å². The first-order valence-corrected chi connectivity index (χ1v) is 8.49. The van der Waals surface area contributed by atoms with Gasteiger partial charge in [0, 0.05) is 17.3 Å². The maximum atomic E-state index is 12.9. The first-order valence-electron chi connectivity index (χ1n) is 8.49. The third-order valence-electron chi connectivity index (χ3n) is 3.71. The molecule has 128 valence electrons. The lowest BCUT2D eigenvalue weighted by Crippen LogP contribution is -2.11. The molecule has 0 spiro atoms. The second kappa shape index (κ2) is 9.71. The normalized spacial score (nSPS) is 10.4. The lowest BCUT2D eigenvalue weighted by molar-refractivity contribution is 0.102. The average Bonchev–Trinajstić information content (AvgIpc) is 2.59. The zero-order valence-corrected chi connectivity index (χ0v) is 14.1. The zero-order chi connectivity index (χ0) is 17.2. The Kier molecular flexibility index (Phi) is 7.27. The van der Waals surface area contributed by atoms with Crippen molar-refractivity contribution in [2.75, 3.05) is 11.9 Å². The molecule has 2 rings (SSSR count). The molecule has 0 aliphatic heterocycles. The third-order valence-corrected chi connectivity index (χ3v) is 3.71. The van der Waals surface area contributed by atoms with Crippen LogP contribution in [0.5, 0.6) is 5.75 Å². The molecule has 0 unspecified atom stereocenters. The summed E-state index contributed by atoms with van der Waals surface area (Å²) in [6, 6.07) is 12.8. The van der Waals surface area contributed by atoms with Gasteiger partial charge in [-0.05, 0) is 42.8 Å². The summed E-state index contributed by atoms with van der Waals surface area (Å²) in [6.45, 7) is 2.88. The number of benzene rings is 2. The summed E-state index contributed by atoms with van der Waals surface area (Å²) in [5, 5.41) is 2.80. The van der Waals surface area contributed by atoms with Crippen LogP contribution in [-0.4, -0.2) is 12.5 Å². The highest BCUT2D eigenvalue weighted by atomic mass is 19.1. The molecule has 0 radical (unpaired) electrons. The van der Waals surface area contributed by atoms with Crippen molar-refractivity contribution in [1.29, 1.82) is 0 Å². The van der Waals surface area contributed by atoms with Gasteiger partial charge in [0.25, 0.3) is 5.91 Å². The van der Waals surface area contributed by atoms with Gasteiger partial charge in [-0.25, -0.2) is 4.39 Å². The van der Waals surface area contributed by atoms with E-state index in [4.69, 9.17) is 4.74 Å². The molecule has 0 aliphatic carbocycles. The van der Waals surface area contributed by atoms with Gasteiger partial charge in [0.1, 0.15) is 11.6 Å². The Morgan fingerprint density at radius 1 is 1.04 bits per heavy atom. The van der Waals surface area contributed by atoms with Gasteiger partial charge in [-0.1, -0.05) is 38.7 Å². The van der Waals surface area contributed by atoms with Gasteiger partial charge in [-0.2, -0.15) is 0 Å². The Bertz CT molecular complexity index is 640. The third kappa shape index (κ3) is 6.03. The standard InChI is InChI=1S/C20H24FNO2/c1-2-3-4-5-6-14-24-19-9-7-8-18(15-19)22-20(23)16-10-12-17(21)13-11-16/h7-13,15H,2-6,14H2,1H3,(H,22,23). The molecule has 0 aliphatic rings. The van der Waals surface area contributed by atoms with E-state index in [1.165, 1.54) is 49.9 Å². The number of halogens is 1.